The molecule has 13 nitrogen and oxygen atoms in total. The zero-order valence-corrected chi connectivity index (χ0v) is 43.3. The number of aliphatic hydroxyl groups excluding tert-OH is 2. The monoisotopic (exact) mass is 955 g/mol. The van der Waals surface area contributed by atoms with E-state index in [1.807, 2.05) is 27.2 Å². The van der Waals surface area contributed by atoms with Crippen LogP contribution >= 0.6 is 7.82 Å². The fourth-order valence-electron chi connectivity index (χ4n) is 8.50. The van der Waals surface area contributed by atoms with Crippen LogP contribution in [0.2, 0.25) is 0 Å². The molecule has 6 atom stereocenters. The first-order valence-electron chi connectivity index (χ1n) is 25.9. The lowest BCUT2D eigenvalue weighted by molar-refractivity contribution is -0.870. The van der Waals surface area contributed by atoms with Gasteiger partial charge in [0.25, 0.3) is 0 Å². The number of phosphoric ester groups is 1. The summed E-state index contributed by atoms with van der Waals surface area (Å²) >= 11 is 0. The average Bonchev–Trinajstić information content (AvgIpc) is 3.68. The van der Waals surface area contributed by atoms with Crippen molar-refractivity contribution in [1.29, 1.82) is 0 Å². The zero-order valence-electron chi connectivity index (χ0n) is 42.4. The second kappa shape index (κ2) is 34.0. The molecule has 0 aliphatic heterocycles. The maximum absolute atomic E-state index is 12.9. The predicted molar refractivity (Wildman–Crippen MR) is 261 cm³/mol. The molecule has 0 spiro atoms. The number of carbonyl (C=O) groups is 3. The van der Waals surface area contributed by atoms with Gasteiger partial charge in [0.2, 0.25) is 0 Å². The SMILES string of the molecule is CCCCCc1oc(CCCCCCCCCCCCC(=O)OC[C@H](COP(=O)(O)OCC[N+](C)(C)C)OC(=O)CCCCCC[C@H]2C(=O)C[C@@H](O)[C@@H]2/C=C/[C@@H](O)CCCCC)c(C)c1C. The van der Waals surface area contributed by atoms with Crippen LogP contribution in [0.3, 0.4) is 0 Å². The lowest BCUT2D eigenvalue weighted by atomic mass is 9.88. The minimum atomic E-state index is -4.46. The number of quaternary nitrogens is 1. The summed E-state index contributed by atoms with van der Waals surface area (Å²) in [5.41, 5.74) is 2.67. The average molecular weight is 955 g/mol. The van der Waals surface area contributed by atoms with Crippen LogP contribution in [-0.2, 0) is 50.3 Å². The fraction of sp³-hybridized carbons (Fsp3) is 0.827. The van der Waals surface area contributed by atoms with Gasteiger partial charge in [0.05, 0.1) is 40.0 Å². The number of hydrogen-bond acceptors (Lipinski definition) is 11. The highest BCUT2D eigenvalue weighted by molar-refractivity contribution is 7.47. The van der Waals surface area contributed by atoms with Gasteiger partial charge in [-0.2, -0.15) is 0 Å². The maximum Gasteiger partial charge on any atom is 0.472 e. The Hall–Kier alpha value is -2.38. The van der Waals surface area contributed by atoms with E-state index in [0.29, 0.717) is 43.1 Å². The number of rotatable bonds is 40. The number of phosphoric acid groups is 1. The summed E-state index contributed by atoms with van der Waals surface area (Å²) in [6.45, 7) is 8.39. The molecular formula is C52H93NO12P+. The summed E-state index contributed by atoms with van der Waals surface area (Å²) in [7, 11) is 1.32. The van der Waals surface area contributed by atoms with Crippen LogP contribution in [0.25, 0.3) is 0 Å². The number of ketones is 1. The van der Waals surface area contributed by atoms with Crippen LogP contribution in [0.4, 0.5) is 0 Å². The van der Waals surface area contributed by atoms with Crippen molar-refractivity contribution in [3.8, 4) is 0 Å². The first-order valence-corrected chi connectivity index (χ1v) is 27.4. The van der Waals surface area contributed by atoms with Crippen molar-refractivity contribution >= 4 is 25.5 Å². The Morgan fingerprint density at radius 2 is 1.29 bits per heavy atom. The number of unbranched alkanes of at least 4 members (excludes halogenated alkanes) is 16. The highest BCUT2D eigenvalue weighted by Gasteiger charge is 2.39. The van der Waals surface area contributed by atoms with Crippen LogP contribution in [0.5, 0.6) is 0 Å². The summed E-state index contributed by atoms with van der Waals surface area (Å²) in [6, 6.07) is 0. The predicted octanol–water partition coefficient (Wildman–Crippen LogP) is 11.2. The van der Waals surface area contributed by atoms with Crippen LogP contribution in [0, 0.1) is 25.7 Å². The van der Waals surface area contributed by atoms with E-state index in [4.69, 9.17) is 22.9 Å². The summed E-state index contributed by atoms with van der Waals surface area (Å²) in [5.74, 6) is 0.840. The van der Waals surface area contributed by atoms with E-state index < -0.39 is 44.7 Å². The van der Waals surface area contributed by atoms with E-state index in [-0.39, 0.29) is 50.1 Å². The lowest BCUT2D eigenvalue weighted by Crippen LogP contribution is -2.37. The molecule has 1 aromatic heterocycles. The number of ether oxygens (including phenoxy) is 2. The summed E-state index contributed by atoms with van der Waals surface area (Å²) in [4.78, 5) is 48.5. The molecule has 1 unspecified atom stereocenters. The number of likely N-dealkylation sites (N-methyl/N-ethyl adjacent to an activating group) is 1. The molecule has 0 aromatic carbocycles. The van der Waals surface area contributed by atoms with Crippen LogP contribution in [-0.4, -0.2) is 103 Å². The van der Waals surface area contributed by atoms with E-state index in [9.17, 15) is 34.1 Å². The molecule has 14 heteroatoms. The minimum Gasteiger partial charge on any atom is -0.466 e. The molecule has 66 heavy (non-hydrogen) atoms. The second-order valence-corrected chi connectivity index (χ2v) is 21.4. The van der Waals surface area contributed by atoms with Gasteiger partial charge in [0, 0.05) is 43.9 Å². The van der Waals surface area contributed by atoms with Gasteiger partial charge in [-0.1, -0.05) is 129 Å². The minimum absolute atomic E-state index is 0.0154. The van der Waals surface area contributed by atoms with Crippen molar-refractivity contribution in [2.45, 2.75) is 219 Å². The number of furan rings is 1. The number of esters is 2. The standard InChI is InChI=1S/C52H92NO12P/c1-8-10-22-28-43(54)34-35-46-45(47(55)38-48(46)56)29-24-20-21-27-33-52(58)64-44(40-63-66(59,60)62-37-36-53(5,6)7)39-61-51(57)32-26-19-17-15-13-12-14-16-18-25-31-50-42(4)41(3)49(65-50)30-23-11-9-2/h34-35,43-46,48,54,56H,8-33,36-40H2,1-7H3/p+1/b35-34+/t43-,44+,45+,46+,48+/m0/s1. The molecule has 1 heterocycles. The highest BCUT2D eigenvalue weighted by Crippen LogP contribution is 2.43. The van der Waals surface area contributed by atoms with E-state index in [0.717, 1.165) is 70.6 Å². The van der Waals surface area contributed by atoms with Gasteiger partial charge < -0.3 is 33.5 Å². The molecule has 1 saturated carbocycles. The molecule has 1 aliphatic carbocycles. The number of hydrogen-bond donors (Lipinski definition) is 3. The van der Waals surface area contributed by atoms with Crippen LogP contribution in [0.15, 0.2) is 16.6 Å². The summed E-state index contributed by atoms with van der Waals surface area (Å²) in [5, 5.41) is 20.8. The van der Waals surface area contributed by atoms with Crippen LogP contribution < -0.4 is 0 Å². The first-order chi connectivity index (χ1) is 31.5. The number of aliphatic hydroxyl groups is 2. The molecule has 0 amide bonds. The van der Waals surface area contributed by atoms with Gasteiger partial charge in [0.1, 0.15) is 37.1 Å². The molecule has 0 radical (unpaired) electrons. The van der Waals surface area contributed by atoms with Gasteiger partial charge in [-0.05, 0) is 63.5 Å². The van der Waals surface area contributed by atoms with E-state index in [2.05, 4.69) is 27.7 Å². The molecule has 1 aliphatic rings. The van der Waals surface area contributed by atoms with Gasteiger partial charge in [-0.15, -0.1) is 0 Å². The molecule has 0 bridgehead atoms. The second-order valence-electron chi connectivity index (χ2n) is 19.9. The Morgan fingerprint density at radius 1 is 0.758 bits per heavy atom. The van der Waals surface area contributed by atoms with Crippen molar-refractivity contribution in [2.24, 2.45) is 11.8 Å². The number of Topliss-reactive ketones (excluding diaryl/α,β-unsaturated/α-hetero) is 1. The van der Waals surface area contributed by atoms with Gasteiger partial charge in [0.15, 0.2) is 6.10 Å². The van der Waals surface area contributed by atoms with E-state index in [1.54, 1.807) is 6.08 Å². The third-order valence-electron chi connectivity index (χ3n) is 12.9. The van der Waals surface area contributed by atoms with Crippen molar-refractivity contribution in [2.75, 3.05) is 47.5 Å². The molecule has 382 valence electrons. The molecule has 3 N–H and O–H groups in total. The molecule has 2 rings (SSSR count). The first kappa shape index (κ1) is 59.7. The summed E-state index contributed by atoms with van der Waals surface area (Å²) in [6.07, 6.45) is 25.4. The maximum atomic E-state index is 12.9. The van der Waals surface area contributed by atoms with E-state index >= 15 is 0 Å². The zero-order chi connectivity index (χ0) is 48.8. The number of nitrogens with zero attached hydrogens (tertiary/aromatic N) is 1. The topological polar surface area (TPSA) is 179 Å². The quantitative estimate of drug-likeness (QED) is 0.0187. The van der Waals surface area contributed by atoms with Gasteiger partial charge in [-0.25, -0.2) is 4.57 Å². The molecule has 0 saturated heterocycles. The normalized spacial score (nSPS) is 18.5. The third-order valence-corrected chi connectivity index (χ3v) is 13.9. The van der Waals surface area contributed by atoms with Crippen molar-refractivity contribution in [1.82, 2.24) is 0 Å². The smallest absolute Gasteiger partial charge is 0.466 e. The Balaban J connectivity index is 1.68. The highest BCUT2D eigenvalue weighted by atomic mass is 31.2. The largest absolute Gasteiger partial charge is 0.472 e. The Labute approximate surface area is 399 Å². The number of aryl methyl sites for hydroxylation is 2. The summed E-state index contributed by atoms with van der Waals surface area (Å²) < 4.78 is 40.7. The fourth-order valence-corrected chi connectivity index (χ4v) is 9.24. The molecular weight excluding hydrogens is 862 g/mol. The van der Waals surface area contributed by atoms with Crippen molar-refractivity contribution < 1.29 is 61.5 Å². The lowest BCUT2D eigenvalue weighted by Gasteiger charge is -2.24. The Kier molecular flexibility index (Phi) is 30.8. The van der Waals surface area contributed by atoms with Crippen molar-refractivity contribution in [3.05, 3.63) is 34.8 Å². The molecule has 1 fully saturated rings. The van der Waals surface area contributed by atoms with Gasteiger partial charge >= 0.3 is 19.8 Å². The Morgan fingerprint density at radius 3 is 1.88 bits per heavy atom. The van der Waals surface area contributed by atoms with Crippen LogP contribution in [0.1, 0.15) is 197 Å². The Bertz CT molecular complexity index is 1570. The molecule has 1 aromatic rings. The van der Waals surface area contributed by atoms with E-state index in [1.165, 1.54) is 74.0 Å². The van der Waals surface area contributed by atoms with Crippen molar-refractivity contribution in [3.63, 3.8) is 0 Å². The number of carbonyl (C=O) groups excluding carboxylic acids is 3. The third kappa shape index (κ3) is 27.0. The van der Waals surface area contributed by atoms with Gasteiger partial charge in [-0.3, -0.25) is 23.4 Å².